The van der Waals surface area contributed by atoms with Crippen molar-refractivity contribution >= 4 is 11.9 Å². The highest BCUT2D eigenvalue weighted by Gasteiger charge is 2.57. The van der Waals surface area contributed by atoms with E-state index in [1.165, 1.54) is 0 Å². The van der Waals surface area contributed by atoms with Gasteiger partial charge < -0.3 is 9.47 Å². The molecule has 114 valence electrons. The number of ether oxygens (including phenoxy) is 2. The Morgan fingerprint density at radius 3 is 1.25 bits per heavy atom. The number of cyclic esters (lactones) is 2. The van der Waals surface area contributed by atoms with Gasteiger partial charge in [-0.15, -0.1) is 0 Å². The van der Waals surface area contributed by atoms with E-state index in [0.717, 1.165) is 0 Å². The van der Waals surface area contributed by atoms with E-state index in [-0.39, 0.29) is 28.4 Å². The lowest BCUT2D eigenvalue weighted by Gasteiger charge is -2.48. The third-order valence-electron chi connectivity index (χ3n) is 5.35. The summed E-state index contributed by atoms with van der Waals surface area (Å²) >= 11 is 0. The molecule has 0 amide bonds. The van der Waals surface area contributed by atoms with E-state index in [1.807, 2.05) is 55.4 Å². The number of hydrogen-bond acceptors (Lipinski definition) is 4. The molecule has 0 radical (unpaired) electrons. The Labute approximate surface area is 121 Å². The highest BCUT2D eigenvalue weighted by Crippen LogP contribution is 2.50. The molecule has 2 rings (SSSR count). The van der Waals surface area contributed by atoms with Crippen LogP contribution < -0.4 is 0 Å². The average molecular weight is 282 g/mol. The number of allylic oxidation sites excluding steroid dienone is 1. The zero-order valence-electron chi connectivity index (χ0n) is 13.8. The Balaban J connectivity index is 0.000000204. The fourth-order valence-corrected chi connectivity index (χ4v) is 1.66. The number of hydrogen-bond donors (Lipinski definition) is 0. The first kappa shape index (κ1) is 16.7. The molecular weight excluding hydrogens is 256 g/mol. The van der Waals surface area contributed by atoms with Crippen LogP contribution in [-0.2, 0) is 19.1 Å². The van der Waals surface area contributed by atoms with Gasteiger partial charge in [0.05, 0.1) is 5.41 Å². The van der Waals surface area contributed by atoms with Crippen molar-refractivity contribution in [1.29, 1.82) is 0 Å². The molecule has 0 unspecified atom stereocenters. The molecule has 0 bridgehead atoms. The van der Waals surface area contributed by atoms with Crippen molar-refractivity contribution in [1.82, 2.24) is 0 Å². The van der Waals surface area contributed by atoms with Gasteiger partial charge in [-0.05, 0) is 41.5 Å². The number of esters is 2. The topological polar surface area (TPSA) is 52.6 Å². The van der Waals surface area contributed by atoms with Crippen molar-refractivity contribution in [2.75, 3.05) is 0 Å². The van der Waals surface area contributed by atoms with Crippen LogP contribution in [0.2, 0.25) is 0 Å². The zero-order valence-corrected chi connectivity index (χ0v) is 13.8. The van der Waals surface area contributed by atoms with Crippen LogP contribution in [0.15, 0.2) is 12.3 Å². The molecule has 20 heavy (non-hydrogen) atoms. The van der Waals surface area contributed by atoms with E-state index >= 15 is 0 Å². The first-order valence-corrected chi connectivity index (χ1v) is 6.83. The second kappa shape index (κ2) is 4.34. The molecule has 0 aromatic carbocycles. The van der Waals surface area contributed by atoms with Gasteiger partial charge in [0.15, 0.2) is 0 Å². The average Bonchev–Trinajstić information content (AvgIpc) is 2.40. The maximum absolute atomic E-state index is 11.2. The van der Waals surface area contributed by atoms with E-state index < -0.39 is 5.41 Å². The summed E-state index contributed by atoms with van der Waals surface area (Å²) in [5.41, 5.74) is -1.23. The fraction of sp³-hybridized carbons (Fsp3) is 0.750. The number of rotatable bonds is 0. The molecule has 2 fully saturated rings. The predicted molar refractivity (Wildman–Crippen MR) is 76.7 cm³/mol. The Kier molecular flexibility index (Phi) is 3.63. The maximum atomic E-state index is 11.2. The van der Waals surface area contributed by atoms with Gasteiger partial charge in [0, 0.05) is 5.41 Å². The van der Waals surface area contributed by atoms with Gasteiger partial charge in [0.25, 0.3) is 0 Å². The normalized spacial score (nSPS) is 27.7. The van der Waals surface area contributed by atoms with Crippen LogP contribution in [0, 0.1) is 16.2 Å². The van der Waals surface area contributed by atoms with Gasteiger partial charge in [0.1, 0.15) is 16.8 Å². The molecule has 0 N–H and O–H groups in total. The molecule has 0 aromatic heterocycles. The Morgan fingerprint density at radius 2 is 1.20 bits per heavy atom. The summed E-state index contributed by atoms with van der Waals surface area (Å²) in [5.74, 6) is 0.313. The van der Waals surface area contributed by atoms with Gasteiger partial charge >= 0.3 is 11.9 Å². The van der Waals surface area contributed by atoms with Crippen LogP contribution in [0.3, 0.4) is 0 Å². The SMILES string of the molecule is C=C1OC(=O)C(C)(C)C1(C)C.CC1(C)OC(=O)C1(C)C. The van der Waals surface area contributed by atoms with Gasteiger partial charge in [0.2, 0.25) is 0 Å². The van der Waals surface area contributed by atoms with Crippen molar-refractivity contribution in [3.63, 3.8) is 0 Å². The monoisotopic (exact) mass is 282 g/mol. The first-order valence-electron chi connectivity index (χ1n) is 6.83. The first-order chi connectivity index (χ1) is 8.68. The largest absolute Gasteiger partial charge is 0.458 e. The summed E-state index contributed by atoms with van der Waals surface area (Å²) in [6, 6.07) is 0. The second-order valence-corrected chi connectivity index (χ2v) is 7.59. The molecule has 2 heterocycles. The molecule has 0 aliphatic carbocycles. The molecule has 4 nitrogen and oxygen atoms in total. The second-order valence-electron chi connectivity index (χ2n) is 7.59. The van der Waals surface area contributed by atoms with E-state index in [2.05, 4.69) is 6.58 Å². The molecule has 0 spiro atoms. The Hall–Kier alpha value is -1.32. The molecule has 0 saturated carbocycles. The van der Waals surface area contributed by atoms with Crippen molar-refractivity contribution in [2.45, 2.75) is 61.0 Å². The summed E-state index contributed by atoms with van der Waals surface area (Å²) in [5, 5.41) is 0. The van der Waals surface area contributed by atoms with Gasteiger partial charge in [-0.2, -0.15) is 0 Å². The van der Waals surface area contributed by atoms with E-state index in [0.29, 0.717) is 5.76 Å². The standard InChI is InChI=1S/C9H14O2.C7H12O2/c1-6-8(2,3)9(4,5)7(10)11-6;1-6(2)5(8)9-7(6,3)4/h1H2,2-5H3;1-4H3. The van der Waals surface area contributed by atoms with Crippen LogP contribution in [0.25, 0.3) is 0 Å². The number of carbonyl (C=O) groups is 2. The predicted octanol–water partition coefficient (Wildman–Crippen LogP) is 3.46. The third kappa shape index (κ3) is 2.15. The summed E-state index contributed by atoms with van der Waals surface area (Å²) in [7, 11) is 0. The molecule has 0 atom stereocenters. The van der Waals surface area contributed by atoms with E-state index in [9.17, 15) is 9.59 Å². The molecule has 2 aliphatic rings. The lowest BCUT2D eigenvalue weighted by atomic mass is 9.69. The molecule has 0 aromatic rings. The van der Waals surface area contributed by atoms with E-state index in [4.69, 9.17) is 9.47 Å². The van der Waals surface area contributed by atoms with Crippen LogP contribution >= 0.6 is 0 Å². The van der Waals surface area contributed by atoms with Crippen LogP contribution in [-0.4, -0.2) is 17.5 Å². The minimum absolute atomic E-state index is 0.0903. The minimum atomic E-state index is -0.440. The van der Waals surface area contributed by atoms with Crippen molar-refractivity contribution in [2.24, 2.45) is 16.2 Å². The summed E-state index contributed by atoms with van der Waals surface area (Å²) in [6.45, 7) is 19.1. The number of carbonyl (C=O) groups excluding carboxylic acids is 2. The summed E-state index contributed by atoms with van der Waals surface area (Å²) < 4.78 is 9.86. The fourth-order valence-electron chi connectivity index (χ4n) is 1.66. The van der Waals surface area contributed by atoms with Gasteiger partial charge in [-0.3, -0.25) is 9.59 Å². The lowest BCUT2D eigenvalue weighted by molar-refractivity contribution is -0.225. The van der Waals surface area contributed by atoms with Crippen LogP contribution in [0.5, 0.6) is 0 Å². The highest BCUT2D eigenvalue weighted by molar-refractivity contribution is 5.83. The minimum Gasteiger partial charge on any atom is -0.458 e. The Morgan fingerprint density at radius 1 is 0.750 bits per heavy atom. The molecule has 2 saturated heterocycles. The lowest BCUT2D eigenvalue weighted by Crippen LogP contribution is -2.60. The highest BCUT2D eigenvalue weighted by atomic mass is 16.6. The van der Waals surface area contributed by atoms with Gasteiger partial charge in [-0.1, -0.05) is 20.4 Å². The summed E-state index contributed by atoms with van der Waals surface area (Å²) in [4.78, 5) is 22.0. The third-order valence-corrected chi connectivity index (χ3v) is 5.35. The molecular formula is C16H26O4. The summed E-state index contributed by atoms with van der Waals surface area (Å²) in [6.07, 6.45) is 0. The quantitative estimate of drug-likeness (QED) is 0.638. The van der Waals surface area contributed by atoms with Crippen molar-refractivity contribution < 1.29 is 19.1 Å². The van der Waals surface area contributed by atoms with Crippen molar-refractivity contribution in [3.05, 3.63) is 12.3 Å². The molecule has 4 heteroatoms. The smallest absolute Gasteiger partial charge is 0.317 e. The van der Waals surface area contributed by atoms with Crippen molar-refractivity contribution in [3.8, 4) is 0 Å². The van der Waals surface area contributed by atoms with Crippen LogP contribution in [0.4, 0.5) is 0 Å². The van der Waals surface area contributed by atoms with Gasteiger partial charge in [-0.25, -0.2) is 0 Å². The molecule has 2 aliphatic heterocycles. The van der Waals surface area contributed by atoms with E-state index in [1.54, 1.807) is 0 Å². The maximum Gasteiger partial charge on any atom is 0.317 e. The van der Waals surface area contributed by atoms with Crippen LogP contribution in [0.1, 0.15) is 55.4 Å². The Bertz CT molecular complexity index is 443. The zero-order chi connectivity index (χ0) is 16.1.